The molecule has 1 aliphatic rings. The van der Waals surface area contributed by atoms with Gasteiger partial charge in [0.2, 0.25) is 5.91 Å². The first-order chi connectivity index (χ1) is 10.1. The van der Waals surface area contributed by atoms with E-state index in [0.717, 1.165) is 30.6 Å². The average molecular weight is 307 g/mol. The summed E-state index contributed by atoms with van der Waals surface area (Å²) in [6.45, 7) is 1.74. The molecule has 0 spiro atoms. The predicted molar refractivity (Wildman–Crippen MR) is 85.9 cm³/mol. The highest BCUT2D eigenvalue weighted by molar-refractivity contribution is 8.00. The second kappa shape index (κ2) is 7.47. The Morgan fingerprint density at radius 1 is 1.52 bits per heavy atom. The van der Waals surface area contributed by atoms with Gasteiger partial charge in [0.1, 0.15) is 5.37 Å². The summed E-state index contributed by atoms with van der Waals surface area (Å²) < 4.78 is 0. The highest BCUT2D eigenvalue weighted by Crippen LogP contribution is 2.38. The zero-order valence-electron chi connectivity index (χ0n) is 12.4. The maximum absolute atomic E-state index is 12.1. The van der Waals surface area contributed by atoms with Crippen molar-refractivity contribution in [3.8, 4) is 0 Å². The normalized spacial score (nSPS) is 19.1. The maximum atomic E-state index is 12.1. The van der Waals surface area contributed by atoms with Gasteiger partial charge in [-0.15, -0.1) is 11.8 Å². The Balaban J connectivity index is 2.09. The van der Waals surface area contributed by atoms with E-state index < -0.39 is 0 Å². The first-order valence-electron chi connectivity index (χ1n) is 6.95. The number of carbonyl (C=O) groups is 1. The van der Waals surface area contributed by atoms with Crippen LogP contribution in [0.2, 0.25) is 0 Å². The average Bonchev–Trinajstić information content (AvgIpc) is 2.81. The minimum atomic E-state index is 0.0618. The molecule has 114 valence electrons. The van der Waals surface area contributed by atoms with Crippen molar-refractivity contribution >= 4 is 23.9 Å². The number of amides is 1. The second-order valence-electron chi connectivity index (χ2n) is 5.32. The SMILES string of the molecule is CN(C)CCCN1C(=O)CSC1c1cccc(/C=N/O)c1. The lowest BCUT2D eigenvalue weighted by Crippen LogP contribution is -2.31. The summed E-state index contributed by atoms with van der Waals surface area (Å²) >= 11 is 1.65. The molecule has 2 rings (SSSR count). The van der Waals surface area contributed by atoms with Crippen LogP contribution in [0.5, 0.6) is 0 Å². The van der Waals surface area contributed by atoms with Gasteiger partial charge < -0.3 is 15.0 Å². The lowest BCUT2D eigenvalue weighted by Gasteiger charge is -2.25. The zero-order valence-corrected chi connectivity index (χ0v) is 13.2. The van der Waals surface area contributed by atoms with E-state index >= 15 is 0 Å². The number of oxime groups is 1. The minimum Gasteiger partial charge on any atom is -0.411 e. The molecular weight excluding hydrogens is 286 g/mol. The van der Waals surface area contributed by atoms with Crippen molar-refractivity contribution in [1.29, 1.82) is 0 Å². The van der Waals surface area contributed by atoms with Crippen LogP contribution >= 0.6 is 11.8 Å². The number of hydrogen-bond acceptors (Lipinski definition) is 5. The molecule has 1 aromatic rings. The van der Waals surface area contributed by atoms with Crippen molar-refractivity contribution in [2.45, 2.75) is 11.8 Å². The van der Waals surface area contributed by atoms with Crippen molar-refractivity contribution in [2.75, 3.05) is 32.9 Å². The van der Waals surface area contributed by atoms with Gasteiger partial charge in [-0.1, -0.05) is 23.4 Å². The topological polar surface area (TPSA) is 56.1 Å². The van der Waals surface area contributed by atoms with Crippen molar-refractivity contribution in [1.82, 2.24) is 9.80 Å². The van der Waals surface area contributed by atoms with Gasteiger partial charge >= 0.3 is 0 Å². The van der Waals surface area contributed by atoms with Crippen LogP contribution in [0.1, 0.15) is 22.9 Å². The fourth-order valence-corrected chi connectivity index (χ4v) is 3.60. The number of nitrogens with zero attached hydrogens (tertiary/aromatic N) is 3. The van der Waals surface area contributed by atoms with E-state index in [-0.39, 0.29) is 11.3 Å². The van der Waals surface area contributed by atoms with Gasteiger partial charge in [0, 0.05) is 6.54 Å². The quantitative estimate of drug-likeness (QED) is 0.496. The third kappa shape index (κ3) is 4.22. The monoisotopic (exact) mass is 307 g/mol. The van der Waals surface area contributed by atoms with E-state index in [9.17, 15) is 4.79 Å². The Bertz CT molecular complexity index is 519. The Hall–Kier alpha value is -1.53. The van der Waals surface area contributed by atoms with Gasteiger partial charge in [0.05, 0.1) is 12.0 Å². The number of carbonyl (C=O) groups excluding carboxylic acids is 1. The summed E-state index contributed by atoms with van der Waals surface area (Å²) in [5.74, 6) is 0.732. The summed E-state index contributed by atoms with van der Waals surface area (Å²) in [4.78, 5) is 16.1. The van der Waals surface area contributed by atoms with Gasteiger partial charge in [0.25, 0.3) is 0 Å². The third-order valence-corrected chi connectivity index (χ3v) is 4.63. The molecule has 0 aromatic heterocycles. The van der Waals surface area contributed by atoms with Crippen LogP contribution in [-0.4, -0.2) is 60.1 Å². The van der Waals surface area contributed by atoms with Gasteiger partial charge in [-0.25, -0.2) is 0 Å². The lowest BCUT2D eigenvalue weighted by molar-refractivity contribution is -0.128. The largest absolute Gasteiger partial charge is 0.411 e. The van der Waals surface area contributed by atoms with E-state index in [1.54, 1.807) is 11.8 Å². The molecule has 1 aliphatic heterocycles. The van der Waals surface area contributed by atoms with Crippen molar-refractivity contribution in [3.63, 3.8) is 0 Å². The van der Waals surface area contributed by atoms with Crippen LogP contribution in [0.25, 0.3) is 0 Å². The number of rotatable bonds is 6. The van der Waals surface area contributed by atoms with Crippen LogP contribution in [0, 0.1) is 0 Å². The molecule has 0 bridgehead atoms. The highest BCUT2D eigenvalue weighted by atomic mass is 32.2. The van der Waals surface area contributed by atoms with Gasteiger partial charge in [0.15, 0.2) is 0 Å². The van der Waals surface area contributed by atoms with Gasteiger partial charge in [-0.3, -0.25) is 4.79 Å². The molecule has 1 atom stereocenters. The molecule has 0 radical (unpaired) electrons. The van der Waals surface area contributed by atoms with Crippen LogP contribution < -0.4 is 0 Å². The van der Waals surface area contributed by atoms with Gasteiger partial charge in [-0.05, 0) is 44.3 Å². The molecule has 1 unspecified atom stereocenters. The molecule has 1 amide bonds. The standard InChI is InChI=1S/C15H21N3O2S/c1-17(2)7-4-8-18-14(19)11-21-15(18)13-6-3-5-12(9-13)10-16-20/h3,5-6,9-10,15,20H,4,7-8,11H2,1-2H3/b16-10+. The lowest BCUT2D eigenvalue weighted by atomic mass is 10.1. The fraction of sp³-hybridized carbons (Fsp3) is 0.467. The molecule has 1 N–H and O–H groups in total. The molecule has 1 fully saturated rings. The number of thioether (sulfide) groups is 1. The molecule has 1 aromatic carbocycles. The summed E-state index contributed by atoms with van der Waals surface area (Å²) in [5, 5.41) is 11.8. The first kappa shape index (κ1) is 15.9. The Morgan fingerprint density at radius 3 is 3.05 bits per heavy atom. The van der Waals surface area contributed by atoms with Crippen LogP contribution in [0.15, 0.2) is 29.4 Å². The smallest absolute Gasteiger partial charge is 0.233 e. The van der Waals surface area contributed by atoms with E-state index in [4.69, 9.17) is 5.21 Å². The van der Waals surface area contributed by atoms with Crippen molar-refractivity contribution in [2.24, 2.45) is 5.16 Å². The number of benzene rings is 1. The predicted octanol–water partition coefficient (Wildman–Crippen LogP) is 2.02. The molecule has 0 saturated carbocycles. The van der Waals surface area contributed by atoms with Crippen LogP contribution in [-0.2, 0) is 4.79 Å². The summed E-state index contributed by atoms with van der Waals surface area (Å²) in [5.41, 5.74) is 1.91. The Kier molecular flexibility index (Phi) is 5.64. The molecule has 21 heavy (non-hydrogen) atoms. The maximum Gasteiger partial charge on any atom is 0.233 e. The summed E-state index contributed by atoms with van der Waals surface area (Å²) in [6.07, 6.45) is 2.37. The zero-order chi connectivity index (χ0) is 15.2. The Labute approximate surface area is 129 Å². The second-order valence-corrected chi connectivity index (χ2v) is 6.39. The number of hydrogen-bond donors (Lipinski definition) is 1. The Morgan fingerprint density at radius 2 is 2.33 bits per heavy atom. The van der Waals surface area contributed by atoms with Crippen LogP contribution in [0.4, 0.5) is 0 Å². The molecule has 5 nitrogen and oxygen atoms in total. The van der Waals surface area contributed by atoms with Crippen molar-refractivity contribution < 1.29 is 10.0 Å². The summed E-state index contributed by atoms with van der Waals surface area (Å²) in [6, 6.07) is 7.79. The van der Waals surface area contributed by atoms with Gasteiger partial charge in [-0.2, -0.15) is 0 Å². The molecule has 0 aliphatic carbocycles. The molecule has 6 heteroatoms. The molecule has 1 heterocycles. The van der Waals surface area contributed by atoms with E-state index in [1.165, 1.54) is 6.21 Å². The minimum absolute atomic E-state index is 0.0618. The first-order valence-corrected chi connectivity index (χ1v) is 8.00. The molecular formula is C15H21N3O2S. The van der Waals surface area contributed by atoms with E-state index in [2.05, 4.69) is 10.1 Å². The van der Waals surface area contributed by atoms with E-state index in [0.29, 0.717) is 5.75 Å². The summed E-state index contributed by atoms with van der Waals surface area (Å²) in [7, 11) is 4.07. The fourth-order valence-electron chi connectivity index (χ4n) is 2.39. The highest BCUT2D eigenvalue weighted by Gasteiger charge is 2.32. The van der Waals surface area contributed by atoms with Crippen molar-refractivity contribution in [3.05, 3.63) is 35.4 Å². The molecule has 1 saturated heterocycles. The van der Waals surface area contributed by atoms with E-state index in [1.807, 2.05) is 43.3 Å². The third-order valence-electron chi connectivity index (χ3n) is 3.38. The van der Waals surface area contributed by atoms with Crippen LogP contribution in [0.3, 0.4) is 0 Å².